The van der Waals surface area contributed by atoms with Crippen LogP contribution in [0.25, 0.3) is 12.2 Å². The van der Waals surface area contributed by atoms with E-state index in [0.29, 0.717) is 13.7 Å². The van der Waals surface area contributed by atoms with Crippen LogP contribution in [0.5, 0.6) is 0 Å². The standard InChI is InChI=1S/C20H14Cl2.2Zr/c21-20(22,19-11-17-7-3-4-8-18(17)12-19)13-14-9-15-5-1-2-6-16(15)10-14;;/h1-12H,13H2;;. The molecule has 2 atom stereocenters. The Morgan fingerprint density at radius 2 is 1.33 bits per heavy atom. The molecule has 0 amide bonds. The Morgan fingerprint density at radius 3 is 1.92 bits per heavy atom. The van der Waals surface area contributed by atoms with E-state index >= 15 is 0 Å². The molecule has 4 rings (SSSR count). The predicted octanol–water partition coefficient (Wildman–Crippen LogP) is 5.92. The van der Waals surface area contributed by atoms with Crippen LogP contribution in [0, 0.1) is 0 Å². The van der Waals surface area contributed by atoms with Crippen molar-refractivity contribution in [1.82, 2.24) is 0 Å². The third-order valence-electron chi connectivity index (χ3n) is 4.80. The maximum absolute atomic E-state index is 6.90. The summed E-state index contributed by atoms with van der Waals surface area (Å²) in [5.74, 6) is 0. The van der Waals surface area contributed by atoms with E-state index in [1.54, 1.807) is 0 Å². The minimum atomic E-state index is -0.838. The summed E-state index contributed by atoms with van der Waals surface area (Å²) in [6, 6.07) is 17.1. The van der Waals surface area contributed by atoms with Crippen molar-refractivity contribution in [2.75, 3.05) is 0 Å². The van der Waals surface area contributed by atoms with Gasteiger partial charge < -0.3 is 0 Å². The molecule has 0 nitrogen and oxygen atoms in total. The Bertz CT molecular complexity index is 867. The van der Waals surface area contributed by atoms with Crippen LogP contribution in [0.1, 0.15) is 35.9 Å². The average molecular weight is 508 g/mol. The molecular weight excluding hydrogens is 494 g/mol. The number of allylic oxidation sites excluding steroid dienone is 2. The molecule has 0 fully saturated rings. The fraction of sp³-hybridized carbons (Fsp3) is 0.200. The average Bonchev–Trinajstić information content (AvgIpc) is 3.07. The van der Waals surface area contributed by atoms with Crippen molar-refractivity contribution in [2.45, 2.75) is 18.0 Å². The zero-order valence-electron chi connectivity index (χ0n) is 12.9. The molecule has 0 aliphatic heterocycles. The van der Waals surface area contributed by atoms with Gasteiger partial charge in [-0.05, 0) is 0 Å². The number of hydrogen-bond acceptors (Lipinski definition) is 0. The zero-order valence-corrected chi connectivity index (χ0v) is 19.3. The summed E-state index contributed by atoms with van der Waals surface area (Å²) in [4.78, 5) is 0. The fourth-order valence-electron chi connectivity index (χ4n) is 3.54. The fourth-order valence-corrected chi connectivity index (χ4v) is 7.18. The van der Waals surface area contributed by atoms with Crippen molar-refractivity contribution in [3.63, 3.8) is 0 Å². The van der Waals surface area contributed by atoms with Crippen molar-refractivity contribution < 1.29 is 49.4 Å². The van der Waals surface area contributed by atoms with Crippen LogP contribution in [0.2, 0.25) is 0 Å². The molecule has 0 saturated carbocycles. The Balaban J connectivity index is 1.62. The van der Waals surface area contributed by atoms with Crippen molar-refractivity contribution in [3.8, 4) is 0 Å². The second-order valence-corrected chi connectivity index (χ2v) is 10.6. The summed E-state index contributed by atoms with van der Waals surface area (Å²) >= 11 is 16.7. The molecule has 2 aliphatic carbocycles. The molecular formula is C20H14Cl2Zr2. The van der Waals surface area contributed by atoms with Crippen LogP contribution >= 0.6 is 23.2 Å². The first-order valence-electron chi connectivity index (χ1n) is 7.88. The van der Waals surface area contributed by atoms with Gasteiger partial charge in [0.2, 0.25) is 0 Å². The van der Waals surface area contributed by atoms with E-state index < -0.39 is 4.33 Å². The van der Waals surface area contributed by atoms with Gasteiger partial charge in [0.1, 0.15) is 0 Å². The van der Waals surface area contributed by atoms with Crippen LogP contribution in [0.4, 0.5) is 0 Å². The van der Waals surface area contributed by atoms with Crippen LogP contribution in [-0.2, 0) is 49.4 Å². The molecule has 2 aliphatic rings. The molecule has 0 spiro atoms. The van der Waals surface area contributed by atoms with E-state index in [4.69, 9.17) is 23.2 Å². The molecule has 0 heterocycles. The van der Waals surface area contributed by atoms with E-state index in [0.717, 1.165) is 5.57 Å². The summed E-state index contributed by atoms with van der Waals surface area (Å²) in [5.41, 5.74) is 7.88. The van der Waals surface area contributed by atoms with Gasteiger partial charge in [0.15, 0.2) is 0 Å². The second kappa shape index (κ2) is 6.77. The molecule has 0 N–H and O–H groups in total. The molecule has 0 bridgehead atoms. The van der Waals surface area contributed by atoms with E-state index in [2.05, 4.69) is 60.7 Å². The molecule has 2 aromatic carbocycles. The molecule has 116 valence electrons. The first-order chi connectivity index (χ1) is 11.5. The van der Waals surface area contributed by atoms with Gasteiger partial charge in [-0.3, -0.25) is 0 Å². The molecule has 4 heteroatoms. The van der Waals surface area contributed by atoms with Gasteiger partial charge in [-0.25, -0.2) is 0 Å². The summed E-state index contributed by atoms with van der Waals surface area (Å²) < 4.78 is -0.00983. The van der Waals surface area contributed by atoms with Gasteiger partial charge in [-0.2, -0.15) is 0 Å². The van der Waals surface area contributed by atoms with Gasteiger partial charge >= 0.3 is 185 Å². The first kappa shape index (κ1) is 17.7. The van der Waals surface area contributed by atoms with Crippen molar-refractivity contribution in [2.24, 2.45) is 0 Å². The molecule has 2 aromatic rings. The van der Waals surface area contributed by atoms with Crippen LogP contribution in [0.15, 0.2) is 59.7 Å². The Kier molecular flexibility index (Phi) is 4.99. The predicted molar refractivity (Wildman–Crippen MR) is 93.4 cm³/mol. The van der Waals surface area contributed by atoms with E-state index in [1.807, 2.05) is 0 Å². The minimum absolute atomic E-state index is 0.357. The number of hydrogen-bond donors (Lipinski definition) is 0. The molecule has 0 radical (unpaired) electrons. The van der Waals surface area contributed by atoms with Gasteiger partial charge in [0, 0.05) is 0 Å². The first-order valence-corrected chi connectivity index (χ1v) is 11.5. The van der Waals surface area contributed by atoms with Crippen molar-refractivity contribution in [1.29, 1.82) is 0 Å². The number of halogens is 2. The van der Waals surface area contributed by atoms with Gasteiger partial charge in [0.25, 0.3) is 0 Å². The summed E-state index contributed by atoms with van der Waals surface area (Å²) in [7, 11) is 0. The summed E-state index contributed by atoms with van der Waals surface area (Å²) in [5, 5.41) is 0. The Labute approximate surface area is 183 Å². The topological polar surface area (TPSA) is 0 Å². The molecule has 0 saturated heterocycles. The van der Waals surface area contributed by atoms with E-state index in [-0.39, 0.29) is 0 Å². The third kappa shape index (κ3) is 3.07. The molecule has 0 aromatic heterocycles. The monoisotopic (exact) mass is 504 g/mol. The molecule has 24 heavy (non-hydrogen) atoms. The maximum atomic E-state index is 6.90. The normalized spacial score (nSPS) is 21.8. The number of fused-ring (bicyclic) bond motifs is 2. The van der Waals surface area contributed by atoms with Crippen LogP contribution in [0.3, 0.4) is 0 Å². The van der Waals surface area contributed by atoms with Crippen LogP contribution in [-0.4, -0.2) is 4.33 Å². The number of rotatable bonds is 3. The van der Waals surface area contributed by atoms with Gasteiger partial charge in [-0.1, -0.05) is 0 Å². The van der Waals surface area contributed by atoms with Crippen molar-refractivity contribution in [3.05, 3.63) is 81.9 Å². The van der Waals surface area contributed by atoms with Crippen LogP contribution < -0.4 is 0 Å². The van der Waals surface area contributed by atoms with E-state index in [9.17, 15) is 0 Å². The molecule has 2 unspecified atom stereocenters. The van der Waals surface area contributed by atoms with Crippen molar-refractivity contribution >= 4 is 35.4 Å². The summed E-state index contributed by atoms with van der Waals surface area (Å²) in [6.45, 7) is 0. The Hall–Kier alpha value is 0.266. The summed E-state index contributed by atoms with van der Waals surface area (Å²) in [6.07, 6.45) is 5.19. The zero-order chi connectivity index (χ0) is 16.9. The van der Waals surface area contributed by atoms with Gasteiger partial charge in [0.05, 0.1) is 0 Å². The number of benzene rings is 2. The Morgan fingerprint density at radius 1 is 0.792 bits per heavy atom. The third-order valence-corrected chi connectivity index (χ3v) is 8.70. The van der Waals surface area contributed by atoms with E-state index in [1.165, 1.54) is 77.3 Å². The second-order valence-electron chi connectivity index (χ2n) is 6.32. The SMILES string of the molecule is ClC(Cl)(CC1=Cc2ccccc2[CH]1[Zr])C1=Cc2ccccc2[CH]1[Zr]. The quantitative estimate of drug-likeness (QED) is 0.453. The van der Waals surface area contributed by atoms with Gasteiger partial charge in [-0.15, -0.1) is 0 Å². The number of alkyl halides is 2.